The first-order chi connectivity index (χ1) is 13.1. The summed E-state index contributed by atoms with van der Waals surface area (Å²) in [6.45, 7) is 4.79. The fourth-order valence-corrected chi connectivity index (χ4v) is 3.21. The Morgan fingerprint density at radius 3 is 2.52 bits per heavy atom. The number of nitrogens with zero attached hydrogens (tertiary/aromatic N) is 2. The van der Waals surface area contributed by atoms with Crippen LogP contribution in [0, 0.1) is 0 Å². The van der Waals surface area contributed by atoms with Gasteiger partial charge in [0.2, 0.25) is 0 Å². The van der Waals surface area contributed by atoms with Crippen molar-refractivity contribution < 1.29 is 4.79 Å². The van der Waals surface area contributed by atoms with Crippen molar-refractivity contribution in [3.63, 3.8) is 0 Å². The van der Waals surface area contributed by atoms with E-state index in [0.717, 1.165) is 24.2 Å². The normalized spacial score (nSPS) is 12.0. The number of halogens is 1. The summed E-state index contributed by atoms with van der Waals surface area (Å²) in [6, 6.07) is 17.7. The van der Waals surface area contributed by atoms with E-state index in [-0.39, 0.29) is 11.8 Å². The molecule has 0 saturated carbocycles. The van der Waals surface area contributed by atoms with Crippen LogP contribution in [0.25, 0.3) is 5.69 Å². The predicted molar refractivity (Wildman–Crippen MR) is 110 cm³/mol. The molecule has 0 aliphatic heterocycles. The Kier molecular flexibility index (Phi) is 6.30. The summed E-state index contributed by atoms with van der Waals surface area (Å²) < 4.78 is 1.83. The minimum absolute atomic E-state index is 0.0820. The molecular weight excluding hydrogens is 358 g/mol. The monoisotopic (exact) mass is 381 g/mol. The Morgan fingerprint density at radius 2 is 1.85 bits per heavy atom. The topological polar surface area (TPSA) is 46.9 Å². The average Bonchev–Trinajstić information content (AvgIpc) is 3.11. The molecule has 2 aromatic carbocycles. The van der Waals surface area contributed by atoms with Crippen LogP contribution in [0.1, 0.15) is 47.8 Å². The van der Waals surface area contributed by atoms with Gasteiger partial charge >= 0.3 is 0 Å². The SMILES string of the molecule is CCCc1c(C(=O)NCC(C)c2ccccc2)cnn1-c1ccc(Cl)cc1. The molecular formula is C22H24ClN3O. The molecule has 140 valence electrons. The minimum Gasteiger partial charge on any atom is -0.351 e. The molecule has 4 nitrogen and oxygen atoms in total. The van der Waals surface area contributed by atoms with Crippen molar-refractivity contribution in [1.82, 2.24) is 15.1 Å². The Morgan fingerprint density at radius 1 is 1.15 bits per heavy atom. The van der Waals surface area contributed by atoms with E-state index in [1.807, 2.05) is 47.1 Å². The minimum atomic E-state index is -0.0820. The number of rotatable bonds is 7. The number of amides is 1. The lowest BCUT2D eigenvalue weighted by molar-refractivity contribution is 0.0950. The maximum Gasteiger partial charge on any atom is 0.254 e. The van der Waals surface area contributed by atoms with Gasteiger partial charge in [-0.2, -0.15) is 5.10 Å². The summed E-state index contributed by atoms with van der Waals surface area (Å²) in [6.07, 6.45) is 3.36. The molecule has 1 atom stereocenters. The number of aromatic nitrogens is 2. The van der Waals surface area contributed by atoms with E-state index in [1.165, 1.54) is 5.56 Å². The zero-order valence-electron chi connectivity index (χ0n) is 15.7. The second kappa shape index (κ2) is 8.87. The van der Waals surface area contributed by atoms with Gasteiger partial charge < -0.3 is 5.32 Å². The first-order valence-electron chi connectivity index (χ1n) is 9.26. The van der Waals surface area contributed by atoms with Crippen LogP contribution in [-0.4, -0.2) is 22.2 Å². The van der Waals surface area contributed by atoms with Gasteiger partial charge in [-0.3, -0.25) is 4.79 Å². The van der Waals surface area contributed by atoms with Gasteiger partial charge in [0.25, 0.3) is 5.91 Å². The molecule has 0 aliphatic rings. The molecule has 5 heteroatoms. The van der Waals surface area contributed by atoms with Crippen LogP contribution in [0.15, 0.2) is 60.8 Å². The van der Waals surface area contributed by atoms with Crippen LogP contribution in [0.2, 0.25) is 5.02 Å². The number of benzene rings is 2. The van der Waals surface area contributed by atoms with E-state index in [4.69, 9.17) is 11.6 Å². The molecule has 1 amide bonds. The van der Waals surface area contributed by atoms with Crippen LogP contribution in [0.3, 0.4) is 0 Å². The summed E-state index contributed by atoms with van der Waals surface area (Å²) >= 11 is 5.98. The van der Waals surface area contributed by atoms with E-state index in [0.29, 0.717) is 17.1 Å². The summed E-state index contributed by atoms with van der Waals surface area (Å²) in [7, 11) is 0. The lowest BCUT2D eigenvalue weighted by atomic mass is 10.0. The molecule has 3 rings (SSSR count). The zero-order chi connectivity index (χ0) is 19.2. The molecule has 0 aliphatic carbocycles. The summed E-state index contributed by atoms with van der Waals surface area (Å²) in [5.41, 5.74) is 3.67. The standard InChI is InChI=1S/C22H24ClN3O/c1-3-7-21-20(15-25-26(21)19-12-10-18(23)11-13-19)22(27)24-14-16(2)17-8-5-4-6-9-17/h4-6,8-13,15-16H,3,7,14H2,1-2H3,(H,24,27). The van der Waals surface area contributed by atoms with Crippen molar-refractivity contribution in [2.45, 2.75) is 32.6 Å². The zero-order valence-corrected chi connectivity index (χ0v) is 16.4. The number of hydrogen-bond donors (Lipinski definition) is 1. The van der Waals surface area contributed by atoms with E-state index < -0.39 is 0 Å². The van der Waals surface area contributed by atoms with Gasteiger partial charge in [0, 0.05) is 11.6 Å². The molecule has 0 bridgehead atoms. The molecule has 1 N–H and O–H groups in total. The Balaban J connectivity index is 1.77. The van der Waals surface area contributed by atoms with Gasteiger partial charge in [0.1, 0.15) is 0 Å². The molecule has 0 fully saturated rings. The molecule has 0 radical (unpaired) electrons. The number of nitrogens with one attached hydrogen (secondary N) is 1. The van der Waals surface area contributed by atoms with Crippen LogP contribution in [0.4, 0.5) is 0 Å². The summed E-state index contributed by atoms with van der Waals surface area (Å²) in [4.78, 5) is 12.8. The molecule has 0 spiro atoms. The lowest BCUT2D eigenvalue weighted by Gasteiger charge is -2.14. The van der Waals surface area contributed by atoms with Crippen LogP contribution in [0.5, 0.6) is 0 Å². The van der Waals surface area contributed by atoms with Crippen molar-refractivity contribution >= 4 is 17.5 Å². The van der Waals surface area contributed by atoms with Crippen molar-refractivity contribution in [3.8, 4) is 5.69 Å². The maximum absolute atomic E-state index is 12.8. The highest BCUT2D eigenvalue weighted by molar-refractivity contribution is 6.30. The van der Waals surface area contributed by atoms with Gasteiger partial charge in [-0.15, -0.1) is 0 Å². The molecule has 1 heterocycles. The third-order valence-electron chi connectivity index (χ3n) is 4.61. The van der Waals surface area contributed by atoms with Crippen LogP contribution in [-0.2, 0) is 6.42 Å². The third-order valence-corrected chi connectivity index (χ3v) is 4.86. The van der Waals surface area contributed by atoms with Crippen molar-refractivity contribution in [3.05, 3.63) is 82.6 Å². The van der Waals surface area contributed by atoms with E-state index in [1.54, 1.807) is 6.20 Å². The Hall–Kier alpha value is -2.59. The molecule has 1 aromatic heterocycles. The number of carbonyl (C=O) groups is 1. The molecule has 0 saturated heterocycles. The van der Waals surface area contributed by atoms with Gasteiger partial charge in [-0.25, -0.2) is 4.68 Å². The smallest absolute Gasteiger partial charge is 0.254 e. The van der Waals surface area contributed by atoms with Crippen molar-refractivity contribution in [2.75, 3.05) is 6.54 Å². The van der Waals surface area contributed by atoms with Crippen LogP contribution >= 0.6 is 11.6 Å². The molecule has 27 heavy (non-hydrogen) atoms. The fourth-order valence-electron chi connectivity index (χ4n) is 3.09. The van der Waals surface area contributed by atoms with Crippen molar-refractivity contribution in [1.29, 1.82) is 0 Å². The van der Waals surface area contributed by atoms with E-state index in [2.05, 4.69) is 36.4 Å². The quantitative estimate of drug-likeness (QED) is 0.625. The van der Waals surface area contributed by atoms with Crippen molar-refractivity contribution in [2.24, 2.45) is 0 Å². The Bertz CT molecular complexity index is 888. The van der Waals surface area contributed by atoms with Gasteiger partial charge in [-0.1, -0.05) is 62.2 Å². The highest BCUT2D eigenvalue weighted by Crippen LogP contribution is 2.19. The summed E-state index contributed by atoms with van der Waals surface area (Å²) in [5, 5.41) is 8.19. The van der Waals surface area contributed by atoms with Gasteiger partial charge in [-0.05, 0) is 42.2 Å². The number of hydrogen-bond acceptors (Lipinski definition) is 2. The number of carbonyl (C=O) groups excluding carboxylic acids is 1. The first-order valence-corrected chi connectivity index (χ1v) is 9.64. The maximum atomic E-state index is 12.8. The predicted octanol–water partition coefficient (Wildman–Crippen LogP) is 5.01. The lowest BCUT2D eigenvalue weighted by Crippen LogP contribution is -2.28. The summed E-state index contributed by atoms with van der Waals surface area (Å²) in [5.74, 6) is 0.164. The molecule has 3 aromatic rings. The van der Waals surface area contributed by atoms with Crippen LogP contribution < -0.4 is 5.32 Å². The average molecular weight is 382 g/mol. The largest absolute Gasteiger partial charge is 0.351 e. The van der Waals surface area contributed by atoms with E-state index >= 15 is 0 Å². The second-order valence-electron chi connectivity index (χ2n) is 6.66. The van der Waals surface area contributed by atoms with Gasteiger partial charge in [0.05, 0.1) is 23.1 Å². The highest BCUT2D eigenvalue weighted by Gasteiger charge is 2.18. The highest BCUT2D eigenvalue weighted by atomic mass is 35.5. The van der Waals surface area contributed by atoms with Gasteiger partial charge in [0.15, 0.2) is 0 Å². The first kappa shape index (κ1) is 19.2. The fraction of sp³-hybridized carbons (Fsp3) is 0.273. The van der Waals surface area contributed by atoms with E-state index in [9.17, 15) is 4.79 Å². The second-order valence-corrected chi connectivity index (χ2v) is 7.10. The third kappa shape index (κ3) is 4.58. The molecule has 1 unspecified atom stereocenters. The Labute approximate surface area is 165 Å².